The number of carbonyl (C=O) groups excluding carboxylic acids is 1. The van der Waals surface area contributed by atoms with Gasteiger partial charge in [-0.3, -0.25) is 4.90 Å². The summed E-state index contributed by atoms with van der Waals surface area (Å²) in [5, 5.41) is 0. The van der Waals surface area contributed by atoms with Gasteiger partial charge in [-0.05, 0) is 31.5 Å². The third-order valence-electron chi connectivity index (χ3n) is 3.58. The zero-order valence-corrected chi connectivity index (χ0v) is 12.3. The molecule has 1 amide bonds. The molecule has 20 heavy (non-hydrogen) atoms. The number of hydrogen-bond acceptors (Lipinski definition) is 3. The molecule has 2 atom stereocenters. The van der Waals surface area contributed by atoms with Gasteiger partial charge in [-0.2, -0.15) is 0 Å². The van der Waals surface area contributed by atoms with Gasteiger partial charge >= 0.3 is 6.09 Å². The fourth-order valence-electron chi connectivity index (χ4n) is 2.35. The smallest absolute Gasteiger partial charge is 0.410 e. The van der Waals surface area contributed by atoms with E-state index in [0.29, 0.717) is 13.0 Å². The van der Waals surface area contributed by atoms with Gasteiger partial charge in [0.2, 0.25) is 0 Å². The van der Waals surface area contributed by atoms with Crippen LogP contribution in [0.2, 0.25) is 0 Å². The topological polar surface area (TPSA) is 38.8 Å². The van der Waals surface area contributed by atoms with E-state index in [4.69, 9.17) is 9.47 Å². The molecule has 1 fully saturated rings. The summed E-state index contributed by atoms with van der Waals surface area (Å²) in [4.78, 5) is 13.7. The summed E-state index contributed by atoms with van der Waals surface area (Å²) in [5.41, 5.74) is 2.09. The van der Waals surface area contributed by atoms with E-state index in [2.05, 4.69) is 6.58 Å². The molecule has 4 nitrogen and oxygen atoms in total. The Kier molecular flexibility index (Phi) is 4.32. The maximum absolute atomic E-state index is 12.0. The van der Waals surface area contributed by atoms with Gasteiger partial charge < -0.3 is 9.47 Å². The van der Waals surface area contributed by atoms with Crippen LogP contribution in [-0.2, 0) is 11.3 Å². The van der Waals surface area contributed by atoms with Crippen LogP contribution in [0.5, 0.6) is 5.75 Å². The van der Waals surface area contributed by atoms with E-state index in [1.807, 2.05) is 38.1 Å². The third kappa shape index (κ3) is 3.13. The molecule has 0 bridgehead atoms. The molecule has 108 valence electrons. The Bertz CT molecular complexity index is 495. The van der Waals surface area contributed by atoms with Crippen LogP contribution >= 0.6 is 0 Å². The van der Waals surface area contributed by atoms with E-state index in [-0.39, 0.29) is 18.2 Å². The molecule has 0 saturated carbocycles. The van der Waals surface area contributed by atoms with Crippen molar-refractivity contribution in [1.29, 1.82) is 0 Å². The number of cyclic esters (lactones) is 1. The molecule has 4 heteroatoms. The van der Waals surface area contributed by atoms with Crippen molar-refractivity contribution in [2.45, 2.75) is 39.0 Å². The second-order valence-electron chi connectivity index (χ2n) is 5.30. The van der Waals surface area contributed by atoms with E-state index in [1.165, 1.54) is 0 Å². The van der Waals surface area contributed by atoms with E-state index < -0.39 is 0 Å². The number of nitrogens with zero attached hydrogens (tertiary/aromatic N) is 1. The summed E-state index contributed by atoms with van der Waals surface area (Å²) < 4.78 is 10.5. The highest BCUT2D eigenvalue weighted by Crippen LogP contribution is 2.26. The standard InChI is InChI=1S/C16H21NO3/c1-11(2)9-15-12(3)17(16(18)20-15)10-13-5-7-14(19-4)8-6-13/h5-8,12,15H,1,9-10H2,2-4H3. The third-order valence-corrected chi connectivity index (χ3v) is 3.58. The fraction of sp³-hybridized carbons (Fsp3) is 0.438. The fourth-order valence-corrected chi connectivity index (χ4v) is 2.35. The highest BCUT2D eigenvalue weighted by Gasteiger charge is 2.38. The average molecular weight is 275 g/mol. The number of ether oxygens (including phenoxy) is 2. The molecular weight excluding hydrogens is 254 g/mol. The normalized spacial score (nSPS) is 21.8. The quantitative estimate of drug-likeness (QED) is 0.773. The van der Waals surface area contributed by atoms with Gasteiger partial charge in [0, 0.05) is 13.0 Å². The molecule has 2 rings (SSSR count). The molecule has 1 aromatic rings. The van der Waals surface area contributed by atoms with Crippen molar-refractivity contribution in [2.75, 3.05) is 7.11 Å². The Labute approximate surface area is 120 Å². The second-order valence-corrected chi connectivity index (χ2v) is 5.30. The molecule has 0 N–H and O–H groups in total. The predicted molar refractivity (Wildman–Crippen MR) is 77.7 cm³/mol. The second kappa shape index (κ2) is 5.99. The molecule has 0 radical (unpaired) electrons. The summed E-state index contributed by atoms with van der Waals surface area (Å²) in [6, 6.07) is 7.77. The van der Waals surface area contributed by atoms with Gasteiger partial charge in [-0.25, -0.2) is 4.79 Å². The van der Waals surface area contributed by atoms with E-state index in [1.54, 1.807) is 12.0 Å². The van der Waals surface area contributed by atoms with Crippen LogP contribution in [-0.4, -0.2) is 30.2 Å². The lowest BCUT2D eigenvalue weighted by molar-refractivity contribution is 0.130. The summed E-state index contributed by atoms with van der Waals surface area (Å²) in [6.45, 7) is 8.40. The van der Waals surface area contributed by atoms with Crippen molar-refractivity contribution in [1.82, 2.24) is 4.90 Å². The number of hydrogen-bond donors (Lipinski definition) is 0. The number of rotatable bonds is 5. The molecule has 0 aliphatic carbocycles. The summed E-state index contributed by atoms with van der Waals surface area (Å²) in [7, 11) is 1.64. The minimum absolute atomic E-state index is 0.0568. The SMILES string of the molecule is C=C(C)CC1OC(=O)N(Cc2ccc(OC)cc2)C1C. The Morgan fingerprint density at radius 1 is 1.40 bits per heavy atom. The van der Waals surface area contributed by atoms with Gasteiger partial charge in [0.25, 0.3) is 0 Å². The summed E-state index contributed by atoms with van der Waals surface area (Å²) >= 11 is 0. The average Bonchev–Trinajstić information content (AvgIpc) is 2.66. The maximum atomic E-state index is 12.0. The van der Waals surface area contributed by atoms with E-state index in [0.717, 1.165) is 16.9 Å². The van der Waals surface area contributed by atoms with Crippen molar-refractivity contribution in [3.8, 4) is 5.75 Å². The lowest BCUT2D eigenvalue weighted by Crippen LogP contribution is -2.33. The minimum Gasteiger partial charge on any atom is -0.497 e. The Balaban J connectivity index is 2.04. The van der Waals surface area contributed by atoms with Gasteiger partial charge in [0.1, 0.15) is 11.9 Å². The Morgan fingerprint density at radius 3 is 2.60 bits per heavy atom. The molecule has 0 spiro atoms. The van der Waals surface area contributed by atoms with Gasteiger partial charge in [0.05, 0.1) is 13.2 Å². The van der Waals surface area contributed by atoms with Gasteiger partial charge in [-0.1, -0.05) is 17.7 Å². The molecule has 0 aromatic heterocycles. The zero-order valence-electron chi connectivity index (χ0n) is 12.3. The molecule has 1 aliphatic heterocycles. The van der Waals surface area contributed by atoms with Crippen molar-refractivity contribution >= 4 is 6.09 Å². The lowest BCUT2D eigenvalue weighted by atomic mass is 10.0. The van der Waals surface area contributed by atoms with Crippen LogP contribution < -0.4 is 4.74 Å². The van der Waals surface area contributed by atoms with Crippen molar-refractivity contribution in [3.63, 3.8) is 0 Å². The predicted octanol–water partition coefficient (Wildman–Crippen LogP) is 3.37. The van der Waals surface area contributed by atoms with Crippen LogP contribution in [0.3, 0.4) is 0 Å². The summed E-state index contributed by atoms with van der Waals surface area (Å²) in [5.74, 6) is 0.811. The van der Waals surface area contributed by atoms with Gasteiger partial charge in [-0.15, -0.1) is 6.58 Å². The first-order valence-corrected chi connectivity index (χ1v) is 6.76. The van der Waals surface area contributed by atoms with Crippen molar-refractivity contribution in [2.24, 2.45) is 0 Å². The first-order chi connectivity index (χ1) is 9.51. The molecule has 1 saturated heterocycles. The van der Waals surface area contributed by atoms with Crippen molar-refractivity contribution < 1.29 is 14.3 Å². The number of carbonyl (C=O) groups is 1. The zero-order chi connectivity index (χ0) is 14.7. The van der Waals surface area contributed by atoms with Crippen LogP contribution in [0.15, 0.2) is 36.4 Å². The number of methoxy groups -OCH3 is 1. The number of amides is 1. The Morgan fingerprint density at radius 2 is 2.05 bits per heavy atom. The molecule has 2 unspecified atom stereocenters. The summed E-state index contributed by atoms with van der Waals surface area (Å²) in [6.07, 6.45) is 0.365. The lowest BCUT2D eigenvalue weighted by Gasteiger charge is -2.21. The van der Waals surface area contributed by atoms with Crippen molar-refractivity contribution in [3.05, 3.63) is 42.0 Å². The van der Waals surface area contributed by atoms with E-state index in [9.17, 15) is 4.79 Å². The monoisotopic (exact) mass is 275 g/mol. The van der Waals surface area contributed by atoms with E-state index >= 15 is 0 Å². The molecular formula is C16H21NO3. The molecule has 1 aromatic carbocycles. The van der Waals surface area contributed by atoms with Gasteiger partial charge in [0.15, 0.2) is 0 Å². The first-order valence-electron chi connectivity index (χ1n) is 6.76. The van der Waals surface area contributed by atoms with Crippen LogP contribution in [0.25, 0.3) is 0 Å². The highest BCUT2D eigenvalue weighted by atomic mass is 16.6. The largest absolute Gasteiger partial charge is 0.497 e. The maximum Gasteiger partial charge on any atom is 0.410 e. The molecule has 1 heterocycles. The number of benzene rings is 1. The molecule has 1 aliphatic rings. The van der Waals surface area contributed by atoms with Crippen LogP contribution in [0.4, 0.5) is 4.79 Å². The highest BCUT2D eigenvalue weighted by molar-refractivity contribution is 5.70. The minimum atomic E-state index is -0.250. The Hall–Kier alpha value is -1.97. The van der Waals surface area contributed by atoms with Crippen LogP contribution in [0.1, 0.15) is 25.8 Å². The first kappa shape index (κ1) is 14.4. The van der Waals surface area contributed by atoms with Crippen LogP contribution in [0, 0.1) is 0 Å².